The topological polar surface area (TPSA) is 99.3 Å². The van der Waals surface area contributed by atoms with E-state index >= 15 is 0 Å². The van der Waals surface area contributed by atoms with Gasteiger partial charge in [0, 0.05) is 42.2 Å². The van der Waals surface area contributed by atoms with Crippen LogP contribution in [0.25, 0.3) is 11.3 Å². The number of H-pyrrole nitrogens is 1. The number of aromatic nitrogens is 2. The molecule has 2 aromatic carbocycles. The van der Waals surface area contributed by atoms with Gasteiger partial charge in [-0.1, -0.05) is 54.1 Å². The normalized spacial score (nSPS) is 20.1. The molecule has 2 aliphatic heterocycles. The fourth-order valence-corrected chi connectivity index (χ4v) is 6.20. The van der Waals surface area contributed by atoms with Crippen molar-refractivity contribution in [2.45, 2.75) is 23.3 Å². The Hall–Kier alpha value is -2.85. The van der Waals surface area contributed by atoms with Crippen molar-refractivity contribution >= 4 is 41.0 Å². The minimum Gasteiger partial charge on any atom is -0.379 e. The summed E-state index contributed by atoms with van der Waals surface area (Å²) in [6.45, 7) is 4.90. The number of fused-ring (bicyclic) bond motifs is 1. The van der Waals surface area contributed by atoms with E-state index in [0.29, 0.717) is 17.4 Å². The second-order valence-corrected chi connectivity index (χ2v) is 10.9. The lowest BCUT2D eigenvalue weighted by Gasteiger charge is -2.26. The summed E-state index contributed by atoms with van der Waals surface area (Å²) in [6, 6.07) is 17.5. The molecular formula is C27H30ClN5O3S. The van der Waals surface area contributed by atoms with Gasteiger partial charge in [-0.15, -0.1) is 11.8 Å². The van der Waals surface area contributed by atoms with Crippen LogP contribution in [0.5, 0.6) is 0 Å². The maximum absolute atomic E-state index is 13.2. The first-order chi connectivity index (χ1) is 18.1. The smallest absolute Gasteiger partial charge is 0.239 e. The van der Waals surface area contributed by atoms with E-state index in [-0.39, 0.29) is 23.5 Å². The molecular weight excluding hydrogens is 510 g/mol. The van der Waals surface area contributed by atoms with Gasteiger partial charge in [-0.25, -0.2) is 0 Å². The highest BCUT2D eigenvalue weighted by molar-refractivity contribution is 8.01. The second kappa shape index (κ2) is 12.1. The standard InChI is InChI=1S/C27H30ClN5O3S/c28-20-9-7-18(8-10-20)24-23-25(19-5-2-1-3-6-19)37-21(27(35)30-26(23)32-31-24)17-22(34)29-11-4-12-33-13-15-36-16-14-33/h1-3,5-10,21,25H,4,11-17H2,(H,29,34)(H2,30,31,32,35). The molecule has 3 N–H and O–H groups in total. The van der Waals surface area contributed by atoms with Crippen molar-refractivity contribution in [1.82, 2.24) is 20.4 Å². The van der Waals surface area contributed by atoms with Gasteiger partial charge in [-0.05, 0) is 30.7 Å². The number of ether oxygens (including phenoxy) is 1. The molecule has 0 saturated carbocycles. The van der Waals surface area contributed by atoms with Gasteiger partial charge in [0.25, 0.3) is 0 Å². The second-order valence-electron chi connectivity index (χ2n) is 9.13. The van der Waals surface area contributed by atoms with Crippen molar-refractivity contribution in [2.24, 2.45) is 0 Å². The minimum absolute atomic E-state index is 0.0989. The summed E-state index contributed by atoms with van der Waals surface area (Å²) >= 11 is 7.59. The SMILES string of the molecule is O=C(CC1SC(c2ccccc2)c2c(n[nH]c2-c2ccc(Cl)cc2)NC1=O)NCCCN1CCOCC1. The molecule has 2 amide bonds. The molecule has 1 saturated heterocycles. The van der Waals surface area contributed by atoms with Crippen molar-refractivity contribution in [3.05, 3.63) is 70.7 Å². The van der Waals surface area contributed by atoms with Gasteiger partial charge in [0.1, 0.15) is 0 Å². The minimum atomic E-state index is -0.559. The first-order valence-electron chi connectivity index (χ1n) is 12.5. The number of anilines is 1. The number of rotatable bonds is 8. The van der Waals surface area contributed by atoms with E-state index in [1.54, 1.807) is 0 Å². The Labute approximate surface area is 225 Å². The number of aromatic amines is 1. The van der Waals surface area contributed by atoms with E-state index in [9.17, 15) is 9.59 Å². The number of morpholine rings is 1. The van der Waals surface area contributed by atoms with Crippen molar-refractivity contribution in [1.29, 1.82) is 0 Å². The Morgan fingerprint density at radius 3 is 2.65 bits per heavy atom. The number of amides is 2. The molecule has 5 rings (SSSR count). The van der Waals surface area contributed by atoms with E-state index in [0.717, 1.165) is 61.7 Å². The van der Waals surface area contributed by atoms with Crippen LogP contribution in [-0.4, -0.2) is 71.6 Å². The van der Waals surface area contributed by atoms with E-state index in [1.807, 2.05) is 54.6 Å². The molecule has 1 fully saturated rings. The number of thioether (sulfide) groups is 1. The number of halogens is 1. The van der Waals surface area contributed by atoms with E-state index in [1.165, 1.54) is 11.8 Å². The summed E-state index contributed by atoms with van der Waals surface area (Å²) in [5.41, 5.74) is 3.67. The predicted octanol–water partition coefficient (Wildman–Crippen LogP) is 4.10. The number of carbonyl (C=O) groups excluding carboxylic acids is 2. The van der Waals surface area contributed by atoms with Crippen LogP contribution in [0.1, 0.15) is 29.2 Å². The van der Waals surface area contributed by atoms with Gasteiger partial charge < -0.3 is 15.4 Å². The van der Waals surface area contributed by atoms with Crippen LogP contribution < -0.4 is 10.6 Å². The number of hydrogen-bond acceptors (Lipinski definition) is 6. The van der Waals surface area contributed by atoms with Crippen molar-refractivity contribution in [3.8, 4) is 11.3 Å². The zero-order chi connectivity index (χ0) is 25.6. The molecule has 3 heterocycles. The first-order valence-corrected chi connectivity index (χ1v) is 13.8. The highest BCUT2D eigenvalue weighted by Crippen LogP contribution is 2.47. The Bertz CT molecular complexity index is 1210. The van der Waals surface area contributed by atoms with Crippen molar-refractivity contribution in [2.75, 3.05) is 44.7 Å². The average Bonchev–Trinajstić information content (AvgIpc) is 3.27. The molecule has 2 unspecified atom stereocenters. The zero-order valence-corrected chi connectivity index (χ0v) is 22.0. The Morgan fingerprint density at radius 1 is 1.14 bits per heavy atom. The fraction of sp³-hybridized carbons (Fsp3) is 0.370. The molecule has 2 aliphatic rings. The Morgan fingerprint density at radius 2 is 1.89 bits per heavy atom. The van der Waals surface area contributed by atoms with E-state index in [4.69, 9.17) is 16.3 Å². The average molecular weight is 540 g/mol. The van der Waals surface area contributed by atoms with Crippen LogP contribution in [-0.2, 0) is 14.3 Å². The summed E-state index contributed by atoms with van der Waals surface area (Å²) in [4.78, 5) is 28.4. The molecule has 8 nitrogen and oxygen atoms in total. The summed E-state index contributed by atoms with van der Waals surface area (Å²) in [5.74, 6) is 0.146. The lowest BCUT2D eigenvalue weighted by molar-refractivity contribution is -0.124. The van der Waals surface area contributed by atoms with Crippen molar-refractivity contribution in [3.63, 3.8) is 0 Å². The number of benzene rings is 2. The summed E-state index contributed by atoms with van der Waals surface area (Å²) in [7, 11) is 0. The fourth-order valence-electron chi connectivity index (χ4n) is 4.64. The molecule has 3 aromatic rings. The van der Waals surface area contributed by atoms with Crippen LogP contribution in [0.4, 0.5) is 5.82 Å². The molecule has 10 heteroatoms. The number of hydrogen-bond donors (Lipinski definition) is 3. The van der Waals surface area contributed by atoms with E-state index in [2.05, 4.69) is 25.7 Å². The van der Waals surface area contributed by atoms with Gasteiger partial charge in [-0.2, -0.15) is 5.10 Å². The number of nitrogens with one attached hydrogen (secondary N) is 3. The van der Waals surface area contributed by atoms with Crippen LogP contribution in [0.3, 0.4) is 0 Å². The summed E-state index contributed by atoms with van der Waals surface area (Å²) in [6.07, 6.45) is 0.962. The van der Waals surface area contributed by atoms with Gasteiger partial charge in [-0.3, -0.25) is 19.6 Å². The van der Waals surface area contributed by atoms with Crippen LogP contribution in [0.15, 0.2) is 54.6 Å². The van der Waals surface area contributed by atoms with Gasteiger partial charge in [0.05, 0.1) is 29.4 Å². The first kappa shape index (κ1) is 25.8. The third kappa shape index (κ3) is 6.35. The number of nitrogens with zero attached hydrogens (tertiary/aromatic N) is 2. The Kier molecular flexibility index (Phi) is 8.45. The van der Waals surface area contributed by atoms with Crippen molar-refractivity contribution < 1.29 is 14.3 Å². The van der Waals surface area contributed by atoms with Crippen LogP contribution in [0.2, 0.25) is 5.02 Å². The lowest BCUT2D eigenvalue weighted by Crippen LogP contribution is -2.38. The summed E-state index contributed by atoms with van der Waals surface area (Å²) < 4.78 is 5.38. The molecule has 0 spiro atoms. The van der Waals surface area contributed by atoms with Gasteiger partial charge in [0.15, 0.2) is 5.82 Å². The third-order valence-electron chi connectivity index (χ3n) is 6.58. The zero-order valence-electron chi connectivity index (χ0n) is 20.4. The summed E-state index contributed by atoms with van der Waals surface area (Å²) in [5, 5.41) is 13.4. The van der Waals surface area contributed by atoms with Crippen LogP contribution >= 0.6 is 23.4 Å². The highest BCUT2D eigenvalue weighted by Gasteiger charge is 2.36. The largest absolute Gasteiger partial charge is 0.379 e. The lowest BCUT2D eigenvalue weighted by atomic mass is 10.00. The molecule has 0 aliphatic carbocycles. The molecule has 2 atom stereocenters. The predicted molar refractivity (Wildman–Crippen MR) is 147 cm³/mol. The van der Waals surface area contributed by atoms with Gasteiger partial charge >= 0.3 is 0 Å². The van der Waals surface area contributed by atoms with E-state index < -0.39 is 5.25 Å². The molecule has 0 bridgehead atoms. The maximum atomic E-state index is 13.2. The third-order valence-corrected chi connectivity index (χ3v) is 8.32. The monoisotopic (exact) mass is 539 g/mol. The van der Waals surface area contributed by atoms with Crippen LogP contribution in [0, 0.1) is 0 Å². The molecule has 194 valence electrons. The molecule has 0 radical (unpaired) electrons. The molecule has 37 heavy (non-hydrogen) atoms. The molecule has 1 aromatic heterocycles. The number of carbonyl (C=O) groups is 2. The maximum Gasteiger partial charge on any atom is 0.239 e. The van der Waals surface area contributed by atoms with Gasteiger partial charge in [0.2, 0.25) is 11.8 Å². The quantitative estimate of drug-likeness (QED) is 0.373. The Balaban J connectivity index is 1.31. The highest BCUT2D eigenvalue weighted by atomic mass is 35.5.